The van der Waals surface area contributed by atoms with E-state index in [1.54, 1.807) is 0 Å². The molecule has 2 N–H and O–H groups in total. The number of imidazole rings is 1. The minimum atomic E-state index is -0.808. The van der Waals surface area contributed by atoms with Crippen LogP contribution in [0.4, 0.5) is 0 Å². The van der Waals surface area contributed by atoms with Crippen molar-refractivity contribution in [3.05, 3.63) is 17.7 Å². The quantitative estimate of drug-likeness (QED) is 0.756. The van der Waals surface area contributed by atoms with Crippen molar-refractivity contribution >= 4 is 5.97 Å². The van der Waals surface area contributed by atoms with E-state index >= 15 is 0 Å². The molecule has 0 aromatic carbocycles. The normalized spacial score (nSPS) is 19.9. The Bertz CT molecular complexity index is 373. The summed E-state index contributed by atoms with van der Waals surface area (Å²) in [5.41, 5.74) is 0.778. The van der Waals surface area contributed by atoms with Crippen molar-refractivity contribution in [1.29, 1.82) is 0 Å². The molecule has 1 aliphatic rings. The van der Waals surface area contributed by atoms with Crippen LogP contribution in [-0.2, 0) is 17.8 Å². The van der Waals surface area contributed by atoms with E-state index in [0.717, 1.165) is 18.7 Å². The molecule has 1 atom stereocenters. The monoisotopic (exact) mass is 210 g/mol. The Labute approximate surface area is 87.4 Å². The van der Waals surface area contributed by atoms with Gasteiger partial charge in [0.1, 0.15) is 11.7 Å². The smallest absolute Gasteiger partial charge is 0.314 e. The Morgan fingerprint density at radius 2 is 2.47 bits per heavy atom. The highest BCUT2D eigenvalue weighted by Gasteiger charge is 2.28. The number of aryl methyl sites for hydroxylation is 1. The topological polar surface area (TPSA) is 75.3 Å². The van der Waals surface area contributed by atoms with Crippen molar-refractivity contribution in [1.82, 2.24) is 9.55 Å². The fourth-order valence-electron chi connectivity index (χ4n) is 2.01. The summed E-state index contributed by atoms with van der Waals surface area (Å²) in [7, 11) is 0. The first-order valence-corrected chi connectivity index (χ1v) is 5.12. The largest absolute Gasteiger partial charge is 0.481 e. The SMILES string of the molecule is O=C(O)C1CCCn2cc(CCO)nc21. The van der Waals surface area contributed by atoms with Crippen LogP contribution in [0.5, 0.6) is 0 Å². The summed E-state index contributed by atoms with van der Waals surface area (Å²) in [5, 5.41) is 17.8. The van der Waals surface area contributed by atoms with E-state index in [1.165, 1.54) is 0 Å². The molecule has 0 spiro atoms. The van der Waals surface area contributed by atoms with Gasteiger partial charge in [-0.1, -0.05) is 0 Å². The van der Waals surface area contributed by atoms with Crippen LogP contribution in [-0.4, -0.2) is 32.3 Å². The molecule has 0 amide bonds. The molecule has 2 heterocycles. The minimum Gasteiger partial charge on any atom is -0.481 e. The summed E-state index contributed by atoms with van der Waals surface area (Å²) in [5.74, 6) is -0.652. The lowest BCUT2D eigenvalue weighted by molar-refractivity contribution is -0.139. The predicted octanol–water partition coefficient (Wildman–Crippen LogP) is 0.380. The van der Waals surface area contributed by atoms with Crippen LogP contribution in [0.25, 0.3) is 0 Å². The first-order valence-electron chi connectivity index (χ1n) is 5.12. The van der Waals surface area contributed by atoms with Gasteiger partial charge >= 0.3 is 5.97 Å². The zero-order valence-corrected chi connectivity index (χ0v) is 8.39. The maximum Gasteiger partial charge on any atom is 0.314 e. The summed E-state index contributed by atoms with van der Waals surface area (Å²) in [4.78, 5) is 15.2. The van der Waals surface area contributed by atoms with Crippen LogP contribution >= 0.6 is 0 Å². The second-order valence-electron chi connectivity index (χ2n) is 3.79. The number of aliphatic hydroxyl groups is 1. The number of aliphatic hydroxyl groups excluding tert-OH is 1. The number of rotatable bonds is 3. The Balaban J connectivity index is 2.30. The second kappa shape index (κ2) is 4.02. The lowest BCUT2D eigenvalue weighted by Gasteiger charge is -2.19. The fourth-order valence-corrected chi connectivity index (χ4v) is 2.01. The number of carboxylic acids is 1. The van der Waals surface area contributed by atoms with Crippen molar-refractivity contribution < 1.29 is 15.0 Å². The van der Waals surface area contributed by atoms with E-state index in [4.69, 9.17) is 10.2 Å². The number of nitrogens with zero attached hydrogens (tertiary/aromatic N) is 2. The zero-order valence-electron chi connectivity index (χ0n) is 8.39. The number of carbonyl (C=O) groups is 1. The molecule has 0 radical (unpaired) electrons. The van der Waals surface area contributed by atoms with Crippen molar-refractivity contribution in [2.24, 2.45) is 0 Å². The first-order chi connectivity index (χ1) is 7.22. The zero-order chi connectivity index (χ0) is 10.8. The number of aliphatic carboxylic acids is 1. The van der Waals surface area contributed by atoms with E-state index in [0.29, 0.717) is 18.7 Å². The number of carboxylic acid groups (broad SMARTS) is 1. The molecular weight excluding hydrogens is 196 g/mol. The van der Waals surface area contributed by atoms with Crippen LogP contribution in [0.1, 0.15) is 30.3 Å². The Kier molecular flexibility index (Phi) is 2.73. The van der Waals surface area contributed by atoms with E-state index < -0.39 is 11.9 Å². The lowest BCUT2D eigenvalue weighted by Crippen LogP contribution is -2.21. The van der Waals surface area contributed by atoms with Gasteiger partial charge in [0.25, 0.3) is 0 Å². The molecular formula is C10H14N2O3. The van der Waals surface area contributed by atoms with Gasteiger partial charge in [-0.05, 0) is 12.8 Å². The maximum absolute atomic E-state index is 11.0. The molecule has 0 fully saturated rings. The molecule has 1 aliphatic heterocycles. The molecule has 1 aromatic rings. The van der Waals surface area contributed by atoms with Gasteiger partial charge in [-0.3, -0.25) is 4.79 Å². The van der Waals surface area contributed by atoms with E-state index in [2.05, 4.69) is 4.98 Å². The molecule has 0 aliphatic carbocycles. The molecule has 0 saturated heterocycles. The van der Waals surface area contributed by atoms with E-state index in [-0.39, 0.29) is 6.61 Å². The lowest BCUT2D eigenvalue weighted by atomic mass is 9.99. The third kappa shape index (κ3) is 1.87. The van der Waals surface area contributed by atoms with Crippen LogP contribution in [0.3, 0.4) is 0 Å². The van der Waals surface area contributed by atoms with Crippen LogP contribution in [0, 0.1) is 0 Å². The summed E-state index contributed by atoms with van der Waals surface area (Å²) in [6.45, 7) is 0.881. The van der Waals surface area contributed by atoms with Gasteiger partial charge in [-0.15, -0.1) is 0 Å². The van der Waals surface area contributed by atoms with Crippen molar-refractivity contribution in [3.63, 3.8) is 0 Å². The van der Waals surface area contributed by atoms with Crippen molar-refractivity contribution in [3.8, 4) is 0 Å². The van der Waals surface area contributed by atoms with Crippen LogP contribution < -0.4 is 0 Å². The average Bonchev–Trinajstić information content (AvgIpc) is 2.59. The number of aromatic nitrogens is 2. The molecule has 2 rings (SSSR count). The molecule has 5 heteroatoms. The van der Waals surface area contributed by atoms with Gasteiger partial charge < -0.3 is 14.8 Å². The summed E-state index contributed by atoms with van der Waals surface area (Å²) < 4.78 is 1.90. The van der Waals surface area contributed by atoms with Gasteiger partial charge in [-0.2, -0.15) is 0 Å². The summed E-state index contributed by atoms with van der Waals surface area (Å²) in [6.07, 6.45) is 3.87. The highest BCUT2D eigenvalue weighted by molar-refractivity contribution is 5.75. The third-order valence-electron chi connectivity index (χ3n) is 2.73. The summed E-state index contributed by atoms with van der Waals surface area (Å²) >= 11 is 0. The van der Waals surface area contributed by atoms with Crippen molar-refractivity contribution in [2.45, 2.75) is 31.7 Å². The van der Waals surface area contributed by atoms with Gasteiger partial charge in [-0.25, -0.2) is 4.98 Å². The van der Waals surface area contributed by atoms with Gasteiger partial charge in [0, 0.05) is 25.8 Å². The highest BCUT2D eigenvalue weighted by Crippen LogP contribution is 2.26. The molecule has 1 aromatic heterocycles. The van der Waals surface area contributed by atoms with E-state index in [9.17, 15) is 4.79 Å². The van der Waals surface area contributed by atoms with Gasteiger partial charge in [0.2, 0.25) is 0 Å². The van der Waals surface area contributed by atoms with Gasteiger partial charge in [0.05, 0.1) is 5.69 Å². The predicted molar refractivity (Wildman–Crippen MR) is 52.6 cm³/mol. The number of hydrogen-bond acceptors (Lipinski definition) is 3. The first kappa shape index (κ1) is 10.2. The minimum absolute atomic E-state index is 0.0498. The Hall–Kier alpha value is -1.36. The fraction of sp³-hybridized carbons (Fsp3) is 0.600. The standard InChI is InChI=1S/C10H14N2O3/c13-5-3-7-6-12-4-1-2-8(10(14)15)9(12)11-7/h6,8,13H,1-5H2,(H,14,15). The summed E-state index contributed by atoms with van der Waals surface area (Å²) in [6, 6.07) is 0. The molecule has 0 saturated carbocycles. The molecule has 1 unspecified atom stereocenters. The van der Waals surface area contributed by atoms with Crippen molar-refractivity contribution in [2.75, 3.05) is 6.61 Å². The van der Waals surface area contributed by atoms with E-state index in [1.807, 2.05) is 10.8 Å². The maximum atomic E-state index is 11.0. The Morgan fingerprint density at radius 3 is 3.13 bits per heavy atom. The molecule has 15 heavy (non-hydrogen) atoms. The molecule has 5 nitrogen and oxygen atoms in total. The number of hydrogen-bond donors (Lipinski definition) is 2. The molecule has 82 valence electrons. The van der Waals surface area contributed by atoms with Crippen LogP contribution in [0.2, 0.25) is 0 Å². The third-order valence-corrected chi connectivity index (χ3v) is 2.73. The highest BCUT2D eigenvalue weighted by atomic mass is 16.4. The van der Waals surface area contributed by atoms with Gasteiger partial charge in [0.15, 0.2) is 0 Å². The number of fused-ring (bicyclic) bond motifs is 1. The van der Waals surface area contributed by atoms with Crippen LogP contribution in [0.15, 0.2) is 6.20 Å². The Morgan fingerprint density at radius 1 is 1.67 bits per heavy atom. The molecule has 0 bridgehead atoms. The second-order valence-corrected chi connectivity index (χ2v) is 3.79. The average molecular weight is 210 g/mol.